The summed E-state index contributed by atoms with van der Waals surface area (Å²) in [5.74, 6) is 0.923. The fourth-order valence-corrected chi connectivity index (χ4v) is 3.21. The highest BCUT2D eigenvalue weighted by Gasteiger charge is 2.34. The second-order valence-electron chi connectivity index (χ2n) is 6.38. The van der Waals surface area contributed by atoms with E-state index in [1.54, 1.807) is 0 Å². The summed E-state index contributed by atoms with van der Waals surface area (Å²) in [5.41, 5.74) is 1.51. The molecule has 5 heteroatoms. The Balaban J connectivity index is 1.56. The van der Waals surface area contributed by atoms with Gasteiger partial charge in [0.05, 0.1) is 24.3 Å². The van der Waals surface area contributed by atoms with Gasteiger partial charge in [0.2, 0.25) is 0 Å². The predicted octanol–water partition coefficient (Wildman–Crippen LogP) is 2.27. The van der Waals surface area contributed by atoms with Crippen LogP contribution in [-0.2, 0) is 11.3 Å². The van der Waals surface area contributed by atoms with Crippen LogP contribution in [0.25, 0.3) is 0 Å². The fraction of sp³-hybridized carbons (Fsp3) is 0.625. The topological polar surface area (TPSA) is 33.7 Å². The minimum atomic E-state index is 0.179. The third-order valence-electron chi connectivity index (χ3n) is 4.09. The molecule has 4 nitrogen and oxygen atoms in total. The summed E-state index contributed by atoms with van der Waals surface area (Å²) in [6.45, 7) is 9.92. The zero-order valence-electron chi connectivity index (χ0n) is 12.5. The summed E-state index contributed by atoms with van der Waals surface area (Å²) >= 11 is 3.63. The molecule has 1 aromatic carbocycles. The molecule has 2 aliphatic heterocycles. The van der Waals surface area contributed by atoms with Gasteiger partial charge in [0.15, 0.2) is 0 Å². The van der Waals surface area contributed by atoms with Crippen molar-refractivity contribution in [2.75, 3.05) is 46.0 Å². The molecule has 2 aliphatic rings. The zero-order valence-corrected chi connectivity index (χ0v) is 14.1. The number of benzene rings is 1. The zero-order chi connectivity index (χ0) is 14.7. The van der Waals surface area contributed by atoms with E-state index in [2.05, 4.69) is 51.3 Å². The standard InChI is InChI=1S/C16H23BrN2O2/c1-16(10-20-11-16)12-21-15-3-2-13(8-14(15)17)9-19-6-4-18-5-7-19/h2-3,8,18H,4-7,9-12H2,1H3. The molecule has 0 bridgehead atoms. The lowest BCUT2D eigenvalue weighted by molar-refractivity contribution is -0.120. The number of hydrogen-bond donors (Lipinski definition) is 1. The molecule has 0 aliphatic carbocycles. The minimum absolute atomic E-state index is 0.179. The molecule has 1 aromatic rings. The molecular formula is C16H23BrN2O2. The molecule has 0 aromatic heterocycles. The molecule has 0 unspecified atom stereocenters. The maximum absolute atomic E-state index is 5.94. The van der Waals surface area contributed by atoms with Crippen molar-refractivity contribution in [2.24, 2.45) is 5.41 Å². The molecule has 0 atom stereocenters. The lowest BCUT2D eigenvalue weighted by Gasteiger charge is -2.37. The van der Waals surface area contributed by atoms with Gasteiger partial charge in [-0.05, 0) is 33.6 Å². The summed E-state index contributed by atoms with van der Waals surface area (Å²) in [6.07, 6.45) is 0. The second kappa shape index (κ2) is 6.65. The van der Waals surface area contributed by atoms with E-state index >= 15 is 0 Å². The Morgan fingerprint density at radius 1 is 1.33 bits per heavy atom. The quantitative estimate of drug-likeness (QED) is 0.879. The van der Waals surface area contributed by atoms with Crippen molar-refractivity contribution >= 4 is 15.9 Å². The highest BCUT2D eigenvalue weighted by molar-refractivity contribution is 9.10. The summed E-state index contributed by atoms with van der Waals surface area (Å²) in [7, 11) is 0. The van der Waals surface area contributed by atoms with Gasteiger partial charge in [0.25, 0.3) is 0 Å². The Kier molecular flexibility index (Phi) is 4.84. The maximum Gasteiger partial charge on any atom is 0.133 e. The first-order valence-electron chi connectivity index (χ1n) is 7.57. The van der Waals surface area contributed by atoms with Crippen LogP contribution >= 0.6 is 15.9 Å². The maximum atomic E-state index is 5.94. The van der Waals surface area contributed by atoms with Crippen LogP contribution in [0.4, 0.5) is 0 Å². The number of nitrogens with zero attached hydrogens (tertiary/aromatic N) is 1. The molecule has 3 rings (SSSR count). The third-order valence-corrected chi connectivity index (χ3v) is 4.71. The molecule has 2 saturated heterocycles. The van der Waals surface area contributed by atoms with Crippen LogP contribution in [0, 0.1) is 5.41 Å². The highest BCUT2D eigenvalue weighted by Crippen LogP contribution is 2.31. The third kappa shape index (κ3) is 3.97. The van der Waals surface area contributed by atoms with Crippen molar-refractivity contribution < 1.29 is 9.47 Å². The number of rotatable bonds is 5. The largest absolute Gasteiger partial charge is 0.492 e. The van der Waals surface area contributed by atoms with Crippen molar-refractivity contribution in [1.82, 2.24) is 10.2 Å². The van der Waals surface area contributed by atoms with Gasteiger partial charge in [0, 0.05) is 38.1 Å². The van der Waals surface area contributed by atoms with E-state index in [1.165, 1.54) is 5.56 Å². The van der Waals surface area contributed by atoms with Gasteiger partial charge in [-0.1, -0.05) is 13.0 Å². The van der Waals surface area contributed by atoms with E-state index in [1.807, 2.05) is 0 Å². The molecule has 0 amide bonds. The van der Waals surface area contributed by atoms with Crippen molar-refractivity contribution in [1.29, 1.82) is 0 Å². The molecule has 0 saturated carbocycles. The van der Waals surface area contributed by atoms with Crippen molar-refractivity contribution in [3.8, 4) is 5.75 Å². The van der Waals surface area contributed by atoms with Crippen LogP contribution in [0.3, 0.4) is 0 Å². The number of piperazine rings is 1. The summed E-state index contributed by atoms with van der Waals surface area (Å²) < 4.78 is 12.2. The van der Waals surface area contributed by atoms with E-state index in [-0.39, 0.29) is 5.41 Å². The van der Waals surface area contributed by atoms with E-state index in [0.717, 1.165) is 56.2 Å². The first-order valence-corrected chi connectivity index (χ1v) is 8.36. The van der Waals surface area contributed by atoms with E-state index in [4.69, 9.17) is 9.47 Å². The molecule has 1 N–H and O–H groups in total. The Morgan fingerprint density at radius 3 is 2.71 bits per heavy atom. The fourth-order valence-electron chi connectivity index (χ4n) is 2.67. The van der Waals surface area contributed by atoms with E-state index < -0.39 is 0 Å². The number of halogens is 1. The molecule has 2 heterocycles. The lowest BCUT2D eigenvalue weighted by Crippen LogP contribution is -2.44. The van der Waals surface area contributed by atoms with Crippen LogP contribution in [-0.4, -0.2) is 50.9 Å². The van der Waals surface area contributed by atoms with Gasteiger partial charge < -0.3 is 14.8 Å². The van der Waals surface area contributed by atoms with Gasteiger partial charge in [-0.3, -0.25) is 4.90 Å². The summed E-state index contributed by atoms with van der Waals surface area (Å²) in [6, 6.07) is 6.42. The number of ether oxygens (including phenoxy) is 2. The Hall–Kier alpha value is -0.620. The first kappa shape index (κ1) is 15.3. The SMILES string of the molecule is CC1(COc2ccc(CN3CCNCC3)cc2Br)COC1. The van der Waals surface area contributed by atoms with Crippen LogP contribution in [0.1, 0.15) is 12.5 Å². The summed E-state index contributed by atoms with van der Waals surface area (Å²) in [4.78, 5) is 2.48. The second-order valence-corrected chi connectivity index (χ2v) is 7.24. The summed E-state index contributed by atoms with van der Waals surface area (Å²) in [5, 5.41) is 3.38. The molecule has 2 fully saturated rings. The predicted molar refractivity (Wildman–Crippen MR) is 86.7 cm³/mol. The van der Waals surface area contributed by atoms with Crippen LogP contribution in [0.2, 0.25) is 0 Å². The molecule has 0 spiro atoms. The number of hydrogen-bond acceptors (Lipinski definition) is 4. The average molecular weight is 355 g/mol. The van der Waals surface area contributed by atoms with Gasteiger partial charge >= 0.3 is 0 Å². The van der Waals surface area contributed by atoms with E-state index in [0.29, 0.717) is 6.61 Å². The van der Waals surface area contributed by atoms with Crippen molar-refractivity contribution in [3.63, 3.8) is 0 Å². The minimum Gasteiger partial charge on any atom is -0.492 e. The molecule has 0 radical (unpaired) electrons. The van der Waals surface area contributed by atoms with Gasteiger partial charge in [0.1, 0.15) is 5.75 Å². The van der Waals surface area contributed by atoms with Crippen molar-refractivity contribution in [3.05, 3.63) is 28.2 Å². The molecule has 21 heavy (non-hydrogen) atoms. The molecule has 116 valence electrons. The highest BCUT2D eigenvalue weighted by atomic mass is 79.9. The van der Waals surface area contributed by atoms with E-state index in [9.17, 15) is 0 Å². The lowest BCUT2D eigenvalue weighted by atomic mass is 9.90. The van der Waals surface area contributed by atoms with Gasteiger partial charge in [-0.15, -0.1) is 0 Å². The smallest absolute Gasteiger partial charge is 0.133 e. The Morgan fingerprint density at radius 2 is 2.10 bits per heavy atom. The van der Waals surface area contributed by atoms with Gasteiger partial charge in [-0.25, -0.2) is 0 Å². The van der Waals surface area contributed by atoms with Crippen molar-refractivity contribution in [2.45, 2.75) is 13.5 Å². The van der Waals surface area contributed by atoms with Gasteiger partial charge in [-0.2, -0.15) is 0 Å². The van der Waals surface area contributed by atoms with Crippen LogP contribution in [0.15, 0.2) is 22.7 Å². The van der Waals surface area contributed by atoms with Crippen LogP contribution in [0.5, 0.6) is 5.75 Å². The normalized spacial score (nSPS) is 21.8. The van der Waals surface area contributed by atoms with Crippen LogP contribution < -0.4 is 10.1 Å². The first-order chi connectivity index (χ1) is 10.1. The monoisotopic (exact) mass is 354 g/mol. The number of nitrogens with one attached hydrogen (secondary N) is 1. The molecular weight excluding hydrogens is 332 g/mol. The Labute approximate surface area is 134 Å². The Bertz CT molecular complexity index is 485. The average Bonchev–Trinajstić information content (AvgIpc) is 2.45.